The number of rotatable bonds is 28. The van der Waals surface area contributed by atoms with Crippen molar-refractivity contribution in [2.45, 2.75) is 45.4 Å². The van der Waals surface area contributed by atoms with E-state index in [1.807, 2.05) is 6.92 Å². The number of nitrogens with one attached hydrogen (secondary N) is 2. The molecular formula is C28H44N2O17. The Hall–Kier alpha value is -4.36. The van der Waals surface area contributed by atoms with Crippen molar-refractivity contribution in [3.63, 3.8) is 0 Å². The molecule has 2 amide bonds. The number of aliphatic hydroxyl groups excluding tert-OH is 1. The van der Waals surface area contributed by atoms with Crippen LogP contribution in [0.15, 0.2) is 0 Å². The molecular weight excluding hydrogens is 636 g/mol. The van der Waals surface area contributed by atoms with Gasteiger partial charge in [0.25, 0.3) is 0 Å². The minimum atomic E-state index is -0.935. The lowest BCUT2D eigenvalue weighted by molar-refractivity contribution is -0.159. The van der Waals surface area contributed by atoms with E-state index in [0.717, 1.165) is 6.42 Å². The molecule has 0 aliphatic heterocycles. The fraction of sp³-hybridized carbons (Fsp3) is 0.714. The molecule has 47 heavy (non-hydrogen) atoms. The summed E-state index contributed by atoms with van der Waals surface area (Å²) in [7, 11) is 0. The summed E-state index contributed by atoms with van der Waals surface area (Å²) >= 11 is 0. The van der Waals surface area contributed by atoms with Crippen molar-refractivity contribution in [2.75, 3.05) is 85.8 Å². The van der Waals surface area contributed by atoms with Crippen LogP contribution in [-0.2, 0) is 76.3 Å². The average Bonchev–Trinajstić information content (AvgIpc) is 3.01. The molecule has 0 aromatic carbocycles. The van der Waals surface area contributed by atoms with Gasteiger partial charge >= 0.3 is 35.8 Å². The molecule has 0 radical (unpaired) electrons. The first-order valence-electron chi connectivity index (χ1n) is 14.8. The maximum Gasteiger partial charge on any atom is 0.317 e. The first-order chi connectivity index (χ1) is 22.6. The van der Waals surface area contributed by atoms with Crippen LogP contribution in [0.1, 0.15) is 45.4 Å². The zero-order chi connectivity index (χ0) is 35.1. The van der Waals surface area contributed by atoms with Crippen molar-refractivity contribution in [3.05, 3.63) is 0 Å². The SMILES string of the molecule is CCCOCCOC(=O)CC(=O)NCCCNC(=O)CC(=O)OCCOC(=O)CC(=O)OCCOCCOC(=O)CC(=O)OCCO. The highest BCUT2D eigenvalue weighted by molar-refractivity contribution is 5.95. The highest BCUT2D eigenvalue weighted by Crippen LogP contribution is 1.95. The van der Waals surface area contributed by atoms with Crippen molar-refractivity contribution >= 4 is 47.6 Å². The first-order valence-corrected chi connectivity index (χ1v) is 14.8. The van der Waals surface area contributed by atoms with Crippen molar-refractivity contribution in [3.8, 4) is 0 Å². The molecule has 0 heterocycles. The van der Waals surface area contributed by atoms with E-state index < -0.39 is 73.3 Å². The second kappa shape index (κ2) is 29.1. The number of carbonyl (C=O) groups is 8. The van der Waals surface area contributed by atoms with Gasteiger partial charge in [-0.2, -0.15) is 0 Å². The molecule has 0 aliphatic rings. The van der Waals surface area contributed by atoms with Crippen LogP contribution in [0.5, 0.6) is 0 Å². The fourth-order valence-corrected chi connectivity index (χ4v) is 2.94. The van der Waals surface area contributed by atoms with E-state index in [1.165, 1.54) is 0 Å². The van der Waals surface area contributed by atoms with Gasteiger partial charge in [0.2, 0.25) is 11.8 Å². The van der Waals surface area contributed by atoms with E-state index in [9.17, 15) is 38.4 Å². The Bertz CT molecular complexity index is 988. The van der Waals surface area contributed by atoms with Gasteiger partial charge in [0.15, 0.2) is 0 Å². The van der Waals surface area contributed by atoms with E-state index >= 15 is 0 Å². The lowest BCUT2D eigenvalue weighted by Crippen LogP contribution is -2.32. The summed E-state index contributed by atoms with van der Waals surface area (Å²) in [5, 5.41) is 13.5. The number of ether oxygens (including phenoxy) is 8. The molecule has 0 aromatic heterocycles. The molecule has 0 fully saturated rings. The number of hydrogen-bond donors (Lipinski definition) is 3. The molecule has 19 nitrogen and oxygen atoms in total. The Morgan fingerprint density at radius 2 is 0.766 bits per heavy atom. The average molecular weight is 681 g/mol. The third-order valence-electron chi connectivity index (χ3n) is 4.97. The van der Waals surface area contributed by atoms with Gasteiger partial charge in [0.1, 0.15) is 65.3 Å². The van der Waals surface area contributed by atoms with Crippen LogP contribution < -0.4 is 10.6 Å². The fourth-order valence-electron chi connectivity index (χ4n) is 2.94. The number of amides is 2. The molecule has 19 heteroatoms. The lowest BCUT2D eigenvalue weighted by atomic mass is 10.3. The summed E-state index contributed by atoms with van der Waals surface area (Å²) in [5.74, 6) is -6.22. The van der Waals surface area contributed by atoms with Crippen molar-refractivity contribution in [1.82, 2.24) is 10.6 Å². The zero-order valence-corrected chi connectivity index (χ0v) is 26.4. The van der Waals surface area contributed by atoms with E-state index in [4.69, 9.17) is 38.3 Å². The lowest BCUT2D eigenvalue weighted by Gasteiger charge is -2.09. The second-order valence-corrected chi connectivity index (χ2v) is 9.03. The number of carbonyl (C=O) groups excluding carboxylic acids is 8. The maximum absolute atomic E-state index is 11.8. The maximum atomic E-state index is 11.8. The number of aliphatic hydroxyl groups is 1. The van der Waals surface area contributed by atoms with Gasteiger partial charge in [-0.15, -0.1) is 0 Å². The Kier molecular flexibility index (Phi) is 26.4. The van der Waals surface area contributed by atoms with Crippen LogP contribution in [0.2, 0.25) is 0 Å². The quantitative estimate of drug-likeness (QED) is 0.0345. The largest absolute Gasteiger partial charge is 0.463 e. The molecule has 3 N–H and O–H groups in total. The second-order valence-electron chi connectivity index (χ2n) is 9.03. The molecule has 268 valence electrons. The van der Waals surface area contributed by atoms with E-state index in [-0.39, 0.29) is 79.2 Å². The molecule has 0 atom stereocenters. The summed E-state index contributed by atoms with van der Waals surface area (Å²) in [6, 6.07) is 0. The van der Waals surface area contributed by atoms with Crippen LogP contribution in [0, 0.1) is 0 Å². The molecule has 0 spiro atoms. The Balaban J connectivity index is 3.73. The standard InChI is InChI=1S/C28H44N2O17/c1-2-7-40-9-12-43-23(34)17-21(32)29-4-3-5-30-22(33)18-24(35)46-15-16-47-28(39)20-27(38)45-14-11-41-10-13-44-26(37)19-25(36)42-8-6-31/h31H,2-20H2,1H3,(H,29,32)(H,30,33). The predicted octanol–water partition coefficient (Wildman–Crippen LogP) is -2.14. The molecule has 0 aliphatic carbocycles. The van der Waals surface area contributed by atoms with Gasteiger partial charge in [-0.3, -0.25) is 38.4 Å². The highest BCUT2D eigenvalue weighted by Gasteiger charge is 2.15. The van der Waals surface area contributed by atoms with Gasteiger partial charge in [-0.05, 0) is 12.8 Å². The van der Waals surface area contributed by atoms with E-state index in [1.54, 1.807) is 0 Å². The Morgan fingerprint density at radius 1 is 0.447 bits per heavy atom. The van der Waals surface area contributed by atoms with Crippen molar-refractivity contribution in [2.24, 2.45) is 0 Å². The molecule has 0 aromatic rings. The highest BCUT2D eigenvalue weighted by atomic mass is 16.6. The molecule has 0 saturated heterocycles. The Labute approximate surface area is 271 Å². The predicted molar refractivity (Wildman–Crippen MR) is 154 cm³/mol. The van der Waals surface area contributed by atoms with Gasteiger partial charge in [0.05, 0.1) is 26.4 Å². The normalized spacial score (nSPS) is 10.3. The summed E-state index contributed by atoms with van der Waals surface area (Å²) in [6.45, 7) is 1.36. The topological polar surface area (TPSA) is 255 Å². The van der Waals surface area contributed by atoms with Crippen LogP contribution in [0.4, 0.5) is 0 Å². The van der Waals surface area contributed by atoms with Crippen molar-refractivity contribution < 1.29 is 81.4 Å². The molecule has 0 unspecified atom stereocenters. The molecule has 0 rings (SSSR count). The number of hydrogen-bond acceptors (Lipinski definition) is 17. The van der Waals surface area contributed by atoms with E-state index in [2.05, 4.69) is 15.4 Å². The first kappa shape index (κ1) is 42.6. The summed E-state index contributed by atoms with van der Waals surface area (Å²) in [5.41, 5.74) is 0. The minimum Gasteiger partial charge on any atom is -0.463 e. The van der Waals surface area contributed by atoms with Gasteiger partial charge < -0.3 is 53.6 Å². The molecule has 0 saturated carbocycles. The zero-order valence-electron chi connectivity index (χ0n) is 26.4. The third-order valence-corrected chi connectivity index (χ3v) is 4.97. The van der Waals surface area contributed by atoms with Gasteiger partial charge in [-0.1, -0.05) is 6.92 Å². The van der Waals surface area contributed by atoms with Crippen LogP contribution in [0.3, 0.4) is 0 Å². The monoisotopic (exact) mass is 680 g/mol. The molecule has 0 bridgehead atoms. The Morgan fingerprint density at radius 3 is 1.13 bits per heavy atom. The third kappa shape index (κ3) is 28.8. The van der Waals surface area contributed by atoms with Crippen molar-refractivity contribution in [1.29, 1.82) is 0 Å². The van der Waals surface area contributed by atoms with Crippen LogP contribution in [0.25, 0.3) is 0 Å². The van der Waals surface area contributed by atoms with Gasteiger partial charge in [-0.25, -0.2) is 0 Å². The van der Waals surface area contributed by atoms with Crippen LogP contribution >= 0.6 is 0 Å². The minimum absolute atomic E-state index is 0.0473. The van der Waals surface area contributed by atoms with Crippen LogP contribution in [-0.4, -0.2) is 139 Å². The summed E-state index contributed by atoms with van der Waals surface area (Å²) in [4.78, 5) is 92.7. The van der Waals surface area contributed by atoms with E-state index in [0.29, 0.717) is 13.0 Å². The van der Waals surface area contributed by atoms with Gasteiger partial charge in [0, 0.05) is 19.7 Å². The summed E-state index contributed by atoms with van der Waals surface area (Å²) in [6.07, 6.45) is -1.18. The number of esters is 6. The summed E-state index contributed by atoms with van der Waals surface area (Å²) < 4.78 is 38.7. The smallest absolute Gasteiger partial charge is 0.317 e.